The van der Waals surface area contributed by atoms with Gasteiger partial charge >= 0.3 is 0 Å². The van der Waals surface area contributed by atoms with Crippen molar-refractivity contribution in [2.24, 2.45) is 10.2 Å². The van der Waals surface area contributed by atoms with E-state index in [9.17, 15) is 9.59 Å². The van der Waals surface area contributed by atoms with Crippen LogP contribution in [0.15, 0.2) is 34.5 Å². The predicted octanol–water partition coefficient (Wildman–Crippen LogP) is 6.27. The van der Waals surface area contributed by atoms with Crippen molar-refractivity contribution in [1.82, 2.24) is 0 Å². The third-order valence-electron chi connectivity index (χ3n) is 4.43. The minimum atomic E-state index is -1.43. The number of carbonyl (C=O) groups is 2. The van der Waals surface area contributed by atoms with Gasteiger partial charge in [-0.1, -0.05) is 23.2 Å². The van der Waals surface area contributed by atoms with E-state index >= 15 is 0 Å². The Bertz CT molecular complexity index is 1080. The van der Waals surface area contributed by atoms with Crippen LogP contribution in [-0.4, -0.2) is 44.2 Å². The number of benzene rings is 2. The number of rotatable bonds is 13. The van der Waals surface area contributed by atoms with Crippen molar-refractivity contribution in [2.75, 3.05) is 31.7 Å². The van der Waals surface area contributed by atoms with Crippen molar-refractivity contribution >= 4 is 46.3 Å². The number of nitrogens with one attached hydrogen (secondary N) is 1. The first-order valence-corrected chi connectivity index (χ1v) is 11.9. The summed E-state index contributed by atoms with van der Waals surface area (Å²) in [5, 5.41) is 11.4. The van der Waals surface area contributed by atoms with Gasteiger partial charge in [0, 0.05) is 6.07 Å². The SMILES string of the molecule is CCOc1cc(OCC)c(NC(=O)C(N=Nc2ccc(Cl)c(OCC)c2OCC)C(C)=O)cc1Cl. The Morgan fingerprint density at radius 3 is 2.06 bits per heavy atom. The van der Waals surface area contributed by atoms with E-state index in [1.165, 1.54) is 13.0 Å². The van der Waals surface area contributed by atoms with E-state index in [0.717, 1.165) is 0 Å². The number of ketones is 1. The van der Waals surface area contributed by atoms with Gasteiger partial charge in [-0.3, -0.25) is 9.59 Å². The second-order valence-electron chi connectivity index (χ2n) is 6.95. The molecular formula is C24H29Cl2N3O6. The molecule has 0 aliphatic carbocycles. The molecule has 35 heavy (non-hydrogen) atoms. The molecule has 2 rings (SSSR count). The Morgan fingerprint density at radius 1 is 0.857 bits per heavy atom. The van der Waals surface area contributed by atoms with Gasteiger partial charge in [-0.15, -0.1) is 0 Å². The Morgan fingerprint density at radius 2 is 1.46 bits per heavy atom. The molecule has 0 aliphatic rings. The highest BCUT2D eigenvalue weighted by Gasteiger charge is 2.25. The monoisotopic (exact) mass is 525 g/mol. The van der Waals surface area contributed by atoms with E-state index in [-0.39, 0.29) is 22.1 Å². The van der Waals surface area contributed by atoms with Gasteiger partial charge in [-0.25, -0.2) is 0 Å². The van der Waals surface area contributed by atoms with Gasteiger partial charge in [0.2, 0.25) is 6.04 Å². The van der Waals surface area contributed by atoms with Crippen molar-refractivity contribution in [1.29, 1.82) is 0 Å². The smallest absolute Gasteiger partial charge is 0.258 e. The lowest BCUT2D eigenvalue weighted by Crippen LogP contribution is -2.32. The molecule has 2 aromatic rings. The van der Waals surface area contributed by atoms with Gasteiger partial charge in [0.15, 0.2) is 17.3 Å². The Hall–Kier alpha value is -3.04. The van der Waals surface area contributed by atoms with Gasteiger partial charge in [0.25, 0.3) is 5.91 Å². The summed E-state index contributed by atoms with van der Waals surface area (Å²) < 4.78 is 22.3. The van der Waals surface area contributed by atoms with Crippen molar-refractivity contribution in [2.45, 2.75) is 40.7 Å². The van der Waals surface area contributed by atoms with Crippen LogP contribution in [0.25, 0.3) is 0 Å². The molecule has 0 saturated heterocycles. The molecule has 9 nitrogen and oxygen atoms in total. The van der Waals surface area contributed by atoms with Gasteiger partial charge in [0.1, 0.15) is 17.2 Å². The maximum atomic E-state index is 13.0. The van der Waals surface area contributed by atoms with Crippen LogP contribution in [0.4, 0.5) is 11.4 Å². The van der Waals surface area contributed by atoms with Crippen molar-refractivity contribution in [3.63, 3.8) is 0 Å². The minimum Gasteiger partial charge on any atom is -0.492 e. The van der Waals surface area contributed by atoms with E-state index < -0.39 is 17.7 Å². The molecule has 11 heteroatoms. The summed E-state index contributed by atoms with van der Waals surface area (Å²) in [7, 11) is 0. The maximum Gasteiger partial charge on any atom is 0.258 e. The molecule has 0 heterocycles. The molecule has 0 aliphatic heterocycles. The summed E-state index contributed by atoms with van der Waals surface area (Å²) in [6.07, 6.45) is 0. The van der Waals surface area contributed by atoms with Gasteiger partial charge < -0.3 is 24.3 Å². The summed E-state index contributed by atoms with van der Waals surface area (Å²) in [6, 6.07) is 4.77. The van der Waals surface area contributed by atoms with Crippen LogP contribution >= 0.6 is 23.2 Å². The number of hydrogen-bond donors (Lipinski definition) is 1. The number of amides is 1. The molecular weight excluding hydrogens is 497 g/mol. The molecule has 1 unspecified atom stereocenters. The molecule has 1 amide bonds. The lowest BCUT2D eigenvalue weighted by atomic mass is 10.2. The predicted molar refractivity (Wildman–Crippen MR) is 135 cm³/mol. The zero-order valence-corrected chi connectivity index (χ0v) is 21.8. The summed E-state index contributed by atoms with van der Waals surface area (Å²) in [6.45, 7) is 9.88. The van der Waals surface area contributed by atoms with Crippen molar-refractivity contribution in [3.05, 3.63) is 34.3 Å². The normalized spacial score (nSPS) is 11.7. The molecule has 1 N–H and O–H groups in total. The lowest BCUT2D eigenvalue weighted by Gasteiger charge is -2.16. The van der Waals surface area contributed by atoms with Crippen molar-refractivity contribution in [3.8, 4) is 23.0 Å². The van der Waals surface area contributed by atoms with Crippen molar-refractivity contribution < 1.29 is 28.5 Å². The highest BCUT2D eigenvalue weighted by Crippen LogP contribution is 2.43. The van der Waals surface area contributed by atoms with Gasteiger partial charge in [-0.05, 0) is 52.8 Å². The van der Waals surface area contributed by atoms with Gasteiger partial charge in [0.05, 0.1) is 42.2 Å². The molecule has 190 valence electrons. The molecule has 0 spiro atoms. The maximum absolute atomic E-state index is 13.0. The molecule has 0 aromatic heterocycles. The molecule has 0 fully saturated rings. The van der Waals surface area contributed by atoms with Crippen LogP contribution in [-0.2, 0) is 9.59 Å². The van der Waals surface area contributed by atoms with Crippen LogP contribution in [0.5, 0.6) is 23.0 Å². The van der Waals surface area contributed by atoms with E-state index in [0.29, 0.717) is 48.7 Å². The lowest BCUT2D eigenvalue weighted by molar-refractivity contribution is -0.126. The first-order valence-electron chi connectivity index (χ1n) is 11.2. The van der Waals surface area contributed by atoms with Crippen LogP contribution in [0, 0.1) is 0 Å². The highest BCUT2D eigenvalue weighted by molar-refractivity contribution is 6.33. The van der Waals surface area contributed by atoms with Crippen LogP contribution in [0.3, 0.4) is 0 Å². The summed E-state index contributed by atoms with van der Waals surface area (Å²) >= 11 is 12.5. The first kappa shape index (κ1) is 28.2. The number of halogens is 2. The largest absolute Gasteiger partial charge is 0.492 e. The average molecular weight is 526 g/mol. The second-order valence-corrected chi connectivity index (χ2v) is 7.77. The number of carbonyl (C=O) groups excluding carboxylic acids is 2. The molecule has 2 aromatic carbocycles. The number of anilines is 1. The standard InChI is InChI=1S/C24H29Cl2N3O6/c1-6-32-19-13-20(33-7-2)18(12-16(19)26)27-24(31)21(14(5)30)29-28-17-11-10-15(25)22(34-8-3)23(17)35-9-4/h10-13,21H,6-9H2,1-5H3,(H,27,31). The zero-order valence-electron chi connectivity index (χ0n) is 20.3. The molecule has 1 atom stereocenters. The Labute approximate surface area is 214 Å². The fourth-order valence-corrected chi connectivity index (χ4v) is 3.40. The van der Waals surface area contributed by atoms with Gasteiger partial charge in [-0.2, -0.15) is 10.2 Å². The van der Waals surface area contributed by atoms with E-state index in [4.69, 9.17) is 42.1 Å². The van der Waals surface area contributed by atoms with E-state index in [1.54, 1.807) is 39.0 Å². The molecule has 0 bridgehead atoms. The third kappa shape index (κ3) is 7.47. The van der Waals surface area contributed by atoms with Crippen LogP contribution < -0.4 is 24.3 Å². The van der Waals surface area contributed by atoms with Crippen LogP contribution in [0.2, 0.25) is 10.0 Å². The molecule has 0 radical (unpaired) electrons. The van der Waals surface area contributed by atoms with E-state index in [1.807, 2.05) is 6.92 Å². The first-order chi connectivity index (χ1) is 16.8. The Kier molecular flexibility index (Phi) is 11.1. The topological polar surface area (TPSA) is 108 Å². The second kappa shape index (κ2) is 13.7. The third-order valence-corrected chi connectivity index (χ3v) is 5.02. The molecule has 0 saturated carbocycles. The fourth-order valence-electron chi connectivity index (χ4n) is 2.98. The van der Waals surface area contributed by atoms with E-state index in [2.05, 4.69) is 15.5 Å². The number of hydrogen-bond acceptors (Lipinski definition) is 8. The number of ether oxygens (including phenoxy) is 4. The highest BCUT2D eigenvalue weighted by atomic mass is 35.5. The minimum absolute atomic E-state index is 0.262. The average Bonchev–Trinajstić information content (AvgIpc) is 2.80. The number of nitrogens with zero attached hydrogens (tertiary/aromatic N) is 2. The summed E-state index contributed by atoms with van der Waals surface area (Å²) in [4.78, 5) is 25.3. The van der Waals surface area contributed by atoms with Crippen LogP contribution in [0.1, 0.15) is 34.6 Å². The number of Topliss-reactive ketones (excluding diaryl/α,β-unsaturated/α-hetero) is 1. The Balaban J connectivity index is 2.38. The zero-order chi connectivity index (χ0) is 26.0. The number of azo groups is 1. The summed E-state index contributed by atoms with van der Waals surface area (Å²) in [5.41, 5.74) is 0.532. The summed E-state index contributed by atoms with van der Waals surface area (Å²) in [5.74, 6) is 0.102. The quantitative estimate of drug-likeness (QED) is 0.244. The fraction of sp³-hybridized carbons (Fsp3) is 0.417.